The molecule has 2 aromatic rings. The number of sulfonamides is 1. The number of hydrogen-bond acceptors (Lipinski definition) is 5. The highest BCUT2D eigenvalue weighted by Gasteiger charge is 2.41. The molecule has 1 heterocycles. The number of carbonyl (C=O) groups excluding carboxylic acids is 3. The van der Waals surface area contributed by atoms with E-state index in [4.69, 9.17) is 23.2 Å². The van der Waals surface area contributed by atoms with Gasteiger partial charge < -0.3 is 10.2 Å². The van der Waals surface area contributed by atoms with E-state index in [1.165, 1.54) is 17.0 Å². The summed E-state index contributed by atoms with van der Waals surface area (Å²) in [6.45, 7) is 1.31. The van der Waals surface area contributed by atoms with Gasteiger partial charge in [-0.15, -0.1) is 0 Å². The van der Waals surface area contributed by atoms with Gasteiger partial charge in [0.15, 0.2) is 0 Å². The molecule has 8 nitrogen and oxygen atoms in total. The SMILES string of the molecule is CC(C(=O)NC1CCCC1)N(Cc1ccc(Cl)cc1Cl)C(=O)CCN1C(=O)c2ccccc2S1(=O)=O. The molecule has 0 saturated heterocycles. The minimum absolute atomic E-state index is 0.0228. The highest BCUT2D eigenvalue weighted by molar-refractivity contribution is 7.90. The van der Waals surface area contributed by atoms with E-state index in [2.05, 4.69) is 5.32 Å². The van der Waals surface area contributed by atoms with Crippen LogP contribution in [0.1, 0.15) is 54.9 Å². The predicted octanol–water partition coefficient (Wildman–Crippen LogP) is 4.00. The van der Waals surface area contributed by atoms with Crippen LogP contribution in [0.3, 0.4) is 0 Å². The zero-order valence-electron chi connectivity index (χ0n) is 19.7. The molecule has 0 bridgehead atoms. The molecule has 3 amide bonds. The molecule has 1 aliphatic carbocycles. The minimum atomic E-state index is -4.04. The zero-order valence-corrected chi connectivity index (χ0v) is 22.1. The summed E-state index contributed by atoms with van der Waals surface area (Å²) in [6, 6.07) is 10.0. The van der Waals surface area contributed by atoms with Crippen LogP contribution in [-0.4, -0.2) is 54.0 Å². The Morgan fingerprint density at radius 2 is 1.83 bits per heavy atom. The summed E-state index contributed by atoms with van der Waals surface area (Å²) in [4.78, 5) is 40.4. The van der Waals surface area contributed by atoms with Gasteiger partial charge in [0.1, 0.15) is 10.9 Å². The van der Waals surface area contributed by atoms with Gasteiger partial charge in [0.2, 0.25) is 11.8 Å². The first kappa shape index (κ1) is 26.4. The maximum Gasteiger partial charge on any atom is 0.269 e. The molecule has 36 heavy (non-hydrogen) atoms. The number of halogens is 2. The van der Waals surface area contributed by atoms with Crippen molar-refractivity contribution in [1.82, 2.24) is 14.5 Å². The lowest BCUT2D eigenvalue weighted by molar-refractivity contribution is -0.140. The summed E-state index contributed by atoms with van der Waals surface area (Å²) >= 11 is 12.3. The molecule has 0 aromatic heterocycles. The van der Waals surface area contributed by atoms with Gasteiger partial charge in [0.25, 0.3) is 15.9 Å². The predicted molar refractivity (Wildman–Crippen MR) is 136 cm³/mol. The van der Waals surface area contributed by atoms with Gasteiger partial charge in [-0.25, -0.2) is 12.7 Å². The molecule has 1 atom stereocenters. The fourth-order valence-corrected chi connectivity index (χ4v) is 6.64. The summed E-state index contributed by atoms with van der Waals surface area (Å²) in [5, 5.41) is 3.79. The van der Waals surface area contributed by atoms with Crippen LogP contribution < -0.4 is 5.32 Å². The van der Waals surface area contributed by atoms with E-state index in [0.29, 0.717) is 19.9 Å². The largest absolute Gasteiger partial charge is 0.352 e. The van der Waals surface area contributed by atoms with Gasteiger partial charge in [-0.2, -0.15) is 0 Å². The number of amides is 3. The van der Waals surface area contributed by atoms with Crippen molar-refractivity contribution >= 4 is 50.9 Å². The maximum absolute atomic E-state index is 13.4. The molecule has 11 heteroatoms. The molecule has 0 spiro atoms. The summed E-state index contributed by atoms with van der Waals surface area (Å²) in [7, 11) is -4.04. The van der Waals surface area contributed by atoms with Crippen LogP contribution in [0.15, 0.2) is 47.4 Å². The second-order valence-electron chi connectivity index (χ2n) is 9.05. The Balaban J connectivity index is 1.52. The fourth-order valence-electron chi connectivity index (χ4n) is 4.60. The minimum Gasteiger partial charge on any atom is -0.352 e. The summed E-state index contributed by atoms with van der Waals surface area (Å²) < 4.78 is 26.4. The number of nitrogens with one attached hydrogen (secondary N) is 1. The number of rotatable bonds is 8. The Labute approximate surface area is 220 Å². The van der Waals surface area contributed by atoms with Crippen molar-refractivity contribution in [1.29, 1.82) is 0 Å². The van der Waals surface area contributed by atoms with Gasteiger partial charge in [0, 0.05) is 35.6 Å². The van der Waals surface area contributed by atoms with Crippen LogP contribution in [0, 0.1) is 0 Å². The van der Waals surface area contributed by atoms with Crippen molar-refractivity contribution in [3.05, 3.63) is 63.6 Å². The molecular formula is C25H27Cl2N3O5S. The first-order valence-corrected chi connectivity index (χ1v) is 14.0. The Bertz CT molecular complexity index is 1290. The second-order valence-corrected chi connectivity index (χ2v) is 11.7. The molecule has 1 N–H and O–H groups in total. The van der Waals surface area contributed by atoms with Crippen molar-refractivity contribution < 1.29 is 22.8 Å². The first-order chi connectivity index (χ1) is 17.1. The highest BCUT2D eigenvalue weighted by atomic mass is 35.5. The van der Waals surface area contributed by atoms with Crippen molar-refractivity contribution in [3.8, 4) is 0 Å². The number of carbonyl (C=O) groups is 3. The molecule has 2 aromatic carbocycles. The second kappa shape index (κ2) is 10.8. The average Bonchev–Trinajstić information content (AvgIpc) is 3.41. The molecule has 2 aliphatic rings. The number of fused-ring (bicyclic) bond motifs is 1. The van der Waals surface area contributed by atoms with Crippen LogP contribution in [0.4, 0.5) is 0 Å². The van der Waals surface area contributed by atoms with E-state index in [-0.39, 0.29) is 41.9 Å². The van der Waals surface area contributed by atoms with Crippen LogP contribution in [-0.2, 0) is 26.2 Å². The Morgan fingerprint density at radius 3 is 2.50 bits per heavy atom. The maximum atomic E-state index is 13.4. The van der Waals surface area contributed by atoms with Gasteiger partial charge in [-0.3, -0.25) is 14.4 Å². The number of hydrogen-bond donors (Lipinski definition) is 1. The summed E-state index contributed by atoms with van der Waals surface area (Å²) in [5.74, 6) is -1.44. The summed E-state index contributed by atoms with van der Waals surface area (Å²) in [6.07, 6.45) is 3.59. The standard InChI is InChI=1S/C25H27Cl2N3O5S/c1-16(24(32)28-19-6-2-3-7-19)29(15-17-10-11-18(26)14-21(17)27)23(31)12-13-30-25(33)20-8-4-5-9-22(20)36(30,34)35/h4-5,8-11,14,16,19H,2-3,6-7,12-13,15H2,1H3,(H,28,32). The summed E-state index contributed by atoms with van der Waals surface area (Å²) in [5.41, 5.74) is 0.672. The third-order valence-corrected chi connectivity index (χ3v) is 9.09. The molecule has 1 fully saturated rings. The van der Waals surface area contributed by atoms with E-state index in [1.54, 1.807) is 37.3 Å². The normalized spacial score (nSPS) is 17.6. The highest BCUT2D eigenvalue weighted by Crippen LogP contribution is 2.30. The Kier molecular flexibility index (Phi) is 7.92. The first-order valence-electron chi connectivity index (χ1n) is 11.8. The van der Waals surface area contributed by atoms with E-state index < -0.39 is 27.9 Å². The Morgan fingerprint density at radius 1 is 1.14 bits per heavy atom. The third kappa shape index (κ3) is 5.38. The zero-order chi connectivity index (χ0) is 26.0. The fraction of sp³-hybridized carbons (Fsp3) is 0.400. The molecule has 4 rings (SSSR count). The van der Waals surface area contributed by atoms with Crippen molar-refractivity contribution in [3.63, 3.8) is 0 Å². The molecule has 1 unspecified atom stereocenters. The molecule has 192 valence electrons. The number of benzene rings is 2. The van der Waals surface area contributed by atoms with Crippen LogP contribution in [0.5, 0.6) is 0 Å². The topological polar surface area (TPSA) is 104 Å². The van der Waals surface area contributed by atoms with E-state index in [9.17, 15) is 22.8 Å². The van der Waals surface area contributed by atoms with Crippen molar-refractivity contribution in [2.75, 3.05) is 6.54 Å². The van der Waals surface area contributed by atoms with Gasteiger partial charge in [-0.1, -0.05) is 54.2 Å². The van der Waals surface area contributed by atoms with Gasteiger partial charge in [0.05, 0.1) is 5.56 Å². The molecule has 1 saturated carbocycles. The molecule has 1 aliphatic heterocycles. The van der Waals surface area contributed by atoms with Gasteiger partial charge in [-0.05, 0) is 49.6 Å². The third-order valence-electron chi connectivity index (χ3n) is 6.67. The monoisotopic (exact) mass is 551 g/mol. The van der Waals surface area contributed by atoms with Crippen LogP contribution in [0.2, 0.25) is 10.0 Å². The van der Waals surface area contributed by atoms with Crippen molar-refractivity contribution in [2.24, 2.45) is 0 Å². The van der Waals surface area contributed by atoms with Gasteiger partial charge >= 0.3 is 0 Å². The molecule has 0 radical (unpaired) electrons. The Hall–Kier alpha value is -2.62. The van der Waals surface area contributed by atoms with Crippen LogP contribution in [0.25, 0.3) is 0 Å². The van der Waals surface area contributed by atoms with E-state index in [1.807, 2.05) is 0 Å². The van der Waals surface area contributed by atoms with Crippen LogP contribution >= 0.6 is 23.2 Å². The van der Waals surface area contributed by atoms with E-state index >= 15 is 0 Å². The smallest absolute Gasteiger partial charge is 0.269 e. The lowest BCUT2D eigenvalue weighted by Crippen LogP contribution is -2.50. The average molecular weight is 552 g/mol. The molecular weight excluding hydrogens is 525 g/mol. The van der Waals surface area contributed by atoms with Crippen molar-refractivity contribution in [2.45, 2.75) is 62.6 Å². The lowest BCUT2D eigenvalue weighted by Gasteiger charge is -2.30. The van der Waals surface area contributed by atoms with E-state index in [0.717, 1.165) is 25.7 Å². The quantitative estimate of drug-likeness (QED) is 0.533. The number of nitrogens with zero attached hydrogens (tertiary/aromatic N) is 2. The lowest BCUT2D eigenvalue weighted by atomic mass is 10.1.